The van der Waals surface area contributed by atoms with Crippen molar-refractivity contribution in [3.8, 4) is 11.5 Å². The molecule has 8 nitrogen and oxygen atoms in total. The van der Waals surface area contributed by atoms with Crippen LogP contribution in [-0.4, -0.2) is 34.1 Å². The van der Waals surface area contributed by atoms with E-state index < -0.39 is 5.92 Å². The van der Waals surface area contributed by atoms with Crippen molar-refractivity contribution in [1.29, 1.82) is 0 Å². The van der Waals surface area contributed by atoms with E-state index in [1.165, 1.54) is 0 Å². The molecule has 0 saturated carbocycles. The summed E-state index contributed by atoms with van der Waals surface area (Å²) in [7, 11) is 1.58. The van der Waals surface area contributed by atoms with Gasteiger partial charge in [-0.1, -0.05) is 0 Å². The molecule has 3 aromatic rings. The normalized spacial score (nSPS) is 10.8. The third kappa shape index (κ3) is 3.86. The van der Waals surface area contributed by atoms with Crippen molar-refractivity contribution >= 4 is 35.0 Å². The second-order valence-electron chi connectivity index (χ2n) is 6.14. The highest BCUT2D eigenvalue weighted by molar-refractivity contribution is 14.1. The summed E-state index contributed by atoms with van der Waals surface area (Å²) in [6, 6.07) is 3.73. The maximum Gasteiger partial charge on any atom is 0.268 e. The summed E-state index contributed by atoms with van der Waals surface area (Å²) in [5.74, 6) is 0.633. The van der Waals surface area contributed by atoms with Crippen molar-refractivity contribution in [3.05, 3.63) is 64.5 Å². The number of H-pyrrole nitrogens is 4. The lowest BCUT2D eigenvalue weighted by molar-refractivity contribution is 0.309. The molecule has 0 unspecified atom stereocenters. The first-order valence-corrected chi connectivity index (χ1v) is 9.51. The summed E-state index contributed by atoms with van der Waals surface area (Å²) in [6.45, 7) is 5.95. The van der Waals surface area contributed by atoms with Gasteiger partial charge >= 0.3 is 0 Å². The number of nitrogens with one attached hydrogen (secondary N) is 4. The fourth-order valence-electron chi connectivity index (χ4n) is 3.30. The fraction of sp³-hybridized carbons (Fsp3) is 0.333. The number of aromatic nitrogens is 4. The molecule has 28 heavy (non-hydrogen) atoms. The lowest BCUT2D eigenvalue weighted by Crippen LogP contribution is -2.20. The quantitative estimate of drug-likeness (QED) is 0.374. The van der Waals surface area contributed by atoms with Crippen LogP contribution in [0.15, 0.2) is 21.7 Å². The molecule has 10 heteroatoms. The first-order valence-electron chi connectivity index (χ1n) is 8.43. The number of hydrogen-bond acceptors (Lipinski definition) is 4. The first kappa shape index (κ1) is 22.2. The van der Waals surface area contributed by atoms with Gasteiger partial charge in [0.25, 0.3) is 11.1 Å². The minimum Gasteiger partial charge on any atom is -0.492 e. The molecule has 4 N–H and O–H groups in total. The Morgan fingerprint density at radius 1 is 1.00 bits per heavy atom. The number of halogens is 2. The second kappa shape index (κ2) is 8.91. The summed E-state index contributed by atoms with van der Waals surface area (Å²) < 4.78 is 12.0. The van der Waals surface area contributed by atoms with Crippen molar-refractivity contribution in [1.82, 2.24) is 20.4 Å². The summed E-state index contributed by atoms with van der Waals surface area (Å²) in [6.07, 6.45) is 0. The van der Waals surface area contributed by atoms with Gasteiger partial charge in [0.1, 0.15) is 0 Å². The van der Waals surface area contributed by atoms with E-state index in [1.54, 1.807) is 21.0 Å². The third-order valence-electron chi connectivity index (χ3n) is 4.47. The Hall–Kier alpha value is -2.14. The van der Waals surface area contributed by atoms with E-state index in [2.05, 4.69) is 43.0 Å². The van der Waals surface area contributed by atoms with E-state index in [0.717, 1.165) is 9.13 Å². The van der Waals surface area contributed by atoms with Gasteiger partial charge in [-0.05, 0) is 61.1 Å². The van der Waals surface area contributed by atoms with Gasteiger partial charge < -0.3 is 19.7 Å². The van der Waals surface area contributed by atoms with Gasteiger partial charge in [-0.2, -0.15) is 0 Å². The molecule has 0 atom stereocenters. The summed E-state index contributed by atoms with van der Waals surface area (Å²) in [5.41, 5.74) is 2.58. The van der Waals surface area contributed by atoms with Crippen molar-refractivity contribution < 1.29 is 9.47 Å². The molecule has 2 aromatic heterocycles. The molecular weight excluding hydrogens is 499 g/mol. The molecule has 2 heterocycles. The Morgan fingerprint density at radius 3 is 1.93 bits per heavy atom. The van der Waals surface area contributed by atoms with E-state index in [4.69, 9.17) is 9.47 Å². The first-order chi connectivity index (χ1) is 12.9. The van der Waals surface area contributed by atoms with Crippen molar-refractivity contribution in [2.45, 2.75) is 26.7 Å². The van der Waals surface area contributed by atoms with Crippen molar-refractivity contribution in [2.24, 2.45) is 0 Å². The average Bonchev–Trinajstić information content (AvgIpc) is 3.12. The molecule has 0 spiro atoms. The highest BCUT2D eigenvalue weighted by Gasteiger charge is 2.29. The number of aromatic amines is 4. The molecule has 152 valence electrons. The monoisotopic (exact) mass is 520 g/mol. The molecular formula is C18H22ClIN4O4. The molecule has 1 aromatic carbocycles. The Labute approximate surface area is 180 Å². The molecule has 0 radical (unpaired) electrons. The van der Waals surface area contributed by atoms with Crippen LogP contribution in [0.4, 0.5) is 0 Å². The predicted octanol–water partition coefficient (Wildman–Crippen LogP) is 2.95. The lowest BCUT2D eigenvalue weighted by atomic mass is 9.85. The summed E-state index contributed by atoms with van der Waals surface area (Å²) >= 11 is 2.16. The Bertz CT molecular complexity index is 1030. The number of methoxy groups -OCH3 is 1. The molecule has 0 saturated heterocycles. The maximum absolute atomic E-state index is 12.5. The zero-order chi connectivity index (χ0) is 19.7. The van der Waals surface area contributed by atoms with Gasteiger partial charge in [-0.25, -0.2) is 0 Å². The Morgan fingerprint density at radius 2 is 1.54 bits per heavy atom. The molecule has 0 aliphatic heterocycles. The number of benzene rings is 1. The van der Waals surface area contributed by atoms with Crippen LogP contribution in [0.1, 0.15) is 40.9 Å². The fourth-order valence-corrected chi connectivity index (χ4v) is 4.15. The maximum atomic E-state index is 12.5. The van der Waals surface area contributed by atoms with Gasteiger partial charge in [-0.3, -0.25) is 19.8 Å². The summed E-state index contributed by atoms with van der Waals surface area (Å²) in [5, 5.41) is 10.9. The topological polar surface area (TPSA) is 116 Å². The molecule has 0 amide bonds. The van der Waals surface area contributed by atoms with Gasteiger partial charge in [0.05, 0.1) is 28.4 Å². The zero-order valence-electron chi connectivity index (χ0n) is 15.9. The number of aryl methyl sites for hydroxylation is 2. The minimum atomic E-state index is -0.561. The Balaban J connectivity index is 0.00000280. The van der Waals surface area contributed by atoms with Gasteiger partial charge in [-0.15, -0.1) is 12.4 Å². The number of rotatable bonds is 6. The number of hydrogen-bond donors (Lipinski definition) is 4. The Kier molecular flexibility index (Phi) is 7.05. The molecule has 0 aliphatic rings. The predicted molar refractivity (Wildman–Crippen MR) is 117 cm³/mol. The van der Waals surface area contributed by atoms with E-state index in [1.807, 2.05) is 19.1 Å². The summed E-state index contributed by atoms with van der Waals surface area (Å²) in [4.78, 5) is 25.0. The van der Waals surface area contributed by atoms with Crippen LogP contribution < -0.4 is 20.6 Å². The van der Waals surface area contributed by atoms with E-state index in [-0.39, 0.29) is 23.5 Å². The second-order valence-corrected chi connectivity index (χ2v) is 7.30. The van der Waals surface area contributed by atoms with Gasteiger partial charge in [0, 0.05) is 17.3 Å². The molecule has 0 bridgehead atoms. The van der Waals surface area contributed by atoms with Crippen LogP contribution in [0.2, 0.25) is 0 Å². The van der Waals surface area contributed by atoms with Crippen molar-refractivity contribution in [2.75, 3.05) is 13.7 Å². The molecule has 0 aliphatic carbocycles. The van der Waals surface area contributed by atoms with E-state index in [0.29, 0.717) is 40.6 Å². The van der Waals surface area contributed by atoms with Crippen LogP contribution in [0.25, 0.3) is 0 Å². The number of ether oxygens (including phenoxy) is 2. The average molecular weight is 521 g/mol. The van der Waals surface area contributed by atoms with Crippen LogP contribution in [0.3, 0.4) is 0 Å². The van der Waals surface area contributed by atoms with Gasteiger partial charge in [0.15, 0.2) is 11.5 Å². The molecule has 0 fully saturated rings. The van der Waals surface area contributed by atoms with Crippen LogP contribution in [0, 0.1) is 17.4 Å². The lowest BCUT2D eigenvalue weighted by Gasteiger charge is -2.19. The van der Waals surface area contributed by atoms with Crippen LogP contribution in [0.5, 0.6) is 11.5 Å². The smallest absolute Gasteiger partial charge is 0.268 e. The van der Waals surface area contributed by atoms with Gasteiger partial charge in [0.2, 0.25) is 0 Å². The highest BCUT2D eigenvalue weighted by atomic mass is 127. The zero-order valence-corrected chi connectivity index (χ0v) is 18.8. The largest absolute Gasteiger partial charge is 0.492 e. The third-order valence-corrected chi connectivity index (χ3v) is 5.27. The highest BCUT2D eigenvalue weighted by Crippen LogP contribution is 2.39. The van der Waals surface area contributed by atoms with E-state index >= 15 is 0 Å². The molecule has 3 rings (SSSR count). The van der Waals surface area contributed by atoms with E-state index in [9.17, 15) is 9.59 Å². The minimum absolute atomic E-state index is 0. The SMILES string of the molecule is CCOc1cc(C(c2c(C)[nH][nH]c2=O)c2c(C)[nH][nH]c2=O)cc(I)c1OC.Cl. The van der Waals surface area contributed by atoms with Crippen LogP contribution >= 0.6 is 35.0 Å². The van der Waals surface area contributed by atoms with Crippen LogP contribution in [-0.2, 0) is 0 Å². The standard InChI is InChI=1S/C18H21IN4O4.ClH/c1-5-27-12-7-10(6-11(19)16(12)26-4)15(13-8(2)20-22-17(13)24)14-9(3)21-23-18(14)25;/h6-7,15H,5H2,1-4H3,(H2,20,22,24)(H2,21,23,25);1H. The van der Waals surface area contributed by atoms with Crippen molar-refractivity contribution in [3.63, 3.8) is 0 Å².